The Bertz CT molecular complexity index is 593. The van der Waals surface area contributed by atoms with Crippen LogP contribution in [-0.4, -0.2) is 5.91 Å². The van der Waals surface area contributed by atoms with Crippen LogP contribution in [0, 0.1) is 11.6 Å². The molecule has 0 spiro atoms. The molecule has 0 aliphatic heterocycles. The summed E-state index contributed by atoms with van der Waals surface area (Å²) in [6.07, 6.45) is 1.55. The minimum absolute atomic E-state index is 0.261. The van der Waals surface area contributed by atoms with Crippen LogP contribution in [0.15, 0.2) is 48.5 Å². The Labute approximate surface area is 122 Å². The van der Waals surface area contributed by atoms with Gasteiger partial charge in [0.1, 0.15) is 17.2 Å². The van der Waals surface area contributed by atoms with E-state index in [0.717, 1.165) is 24.1 Å². The fraction of sp³-hybridized carbons (Fsp3) is 0.235. The molecule has 2 aromatic rings. The molecular weight excluding hydrogens is 272 g/mol. The van der Waals surface area contributed by atoms with Gasteiger partial charge in [-0.1, -0.05) is 49.7 Å². The van der Waals surface area contributed by atoms with E-state index in [1.807, 2.05) is 37.3 Å². The van der Waals surface area contributed by atoms with E-state index in [-0.39, 0.29) is 6.04 Å². The molecule has 0 bridgehead atoms. The van der Waals surface area contributed by atoms with Gasteiger partial charge in [0.05, 0.1) is 6.04 Å². The van der Waals surface area contributed by atoms with Crippen LogP contribution in [0.5, 0.6) is 0 Å². The first-order valence-electron chi connectivity index (χ1n) is 6.93. The minimum Gasteiger partial charge on any atom is -0.345 e. The van der Waals surface area contributed by atoms with Crippen LogP contribution in [0.1, 0.15) is 41.7 Å². The third-order valence-corrected chi connectivity index (χ3v) is 3.27. The lowest BCUT2D eigenvalue weighted by Gasteiger charge is -2.19. The molecule has 1 N–H and O–H groups in total. The van der Waals surface area contributed by atoms with Gasteiger partial charge in [-0.05, 0) is 24.1 Å². The van der Waals surface area contributed by atoms with Crippen molar-refractivity contribution >= 4 is 5.91 Å². The normalized spacial score (nSPS) is 12.0. The van der Waals surface area contributed by atoms with Crippen LogP contribution in [0.4, 0.5) is 8.78 Å². The van der Waals surface area contributed by atoms with E-state index >= 15 is 0 Å². The second kappa shape index (κ2) is 6.97. The minimum atomic E-state index is -0.851. The van der Waals surface area contributed by atoms with Gasteiger partial charge in [0, 0.05) is 0 Å². The summed E-state index contributed by atoms with van der Waals surface area (Å²) in [5, 5.41) is 2.71. The van der Waals surface area contributed by atoms with Crippen LogP contribution in [-0.2, 0) is 0 Å². The van der Waals surface area contributed by atoms with Gasteiger partial charge in [0.25, 0.3) is 5.91 Å². The lowest BCUT2D eigenvalue weighted by molar-refractivity contribution is 0.0926. The first kappa shape index (κ1) is 15.2. The van der Waals surface area contributed by atoms with E-state index in [1.165, 1.54) is 6.07 Å². The number of nitrogens with one attached hydrogen (secondary N) is 1. The first-order chi connectivity index (χ1) is 10.1. The average Bonchev–Trinajstić information content (AvgIpc) is 2.47. The zero-order chi connectivity index (χ0) is 15.2. The van der Waals surface area contributed by atoms with Crippen molar-refractivity contribution in [1.29, 1.82) is 0 Å². The highest BCUT2D eigenvalue weighted by atomic mass is 19.1. The molecule has 2 nitrogen and oxygen atoms in total. The quantitative estimate of drug-likeness (QED) is 0.876. The maximum Gasteiger partial charge on any atom is 0.257 e. The van der Waals surface area contributed by atoms with E-state index in [9.17, 15) is 13.6 Å². The highest BCUT2D eigenvalue weighted by Gasteiger charge is 2.20. The van der Waals surface area contributed by atoms with Crippen LogP contribution < -0.4 is 5.32 Å². The van der Waals surface area contributed by atoms with E-state index in [0.29, 0.717) is 6.42 Å². The Balaban J connectivity index is 2.23. The van der Waals surface area contributed by atoms with Gasteiger partial charge in [-0.3, -0.25) is 4.79 Å². The van der Waals surface area contributed by atoms with Crippen molar-refractivity contribution in [3.8, 4) is 0 Å². The van der Waals surface area contributed by atoms with E-state index in [1.54, 1.807) is 0 Å². The molecule has 0 aliphatic rings. The summed E-state index contributed by atoms with van der Waals surface area (Å²) in [5.41, 5.74) is 0.388. The number of carbonyl (C=O) groups excluding carboxylic acids is 1. The van der Waals surface area contributed by atoms with Crippen molar-refractivity contribution in [2.45, 2.75) is 25.8 Å². The molecule has 0 radical (unpaired) electrons. The maximum absolute atomic E-state index is 13.6. The lowest BCUT2D eigenvalue weighted by Crippen LogP contribution is -2.30. The van der Waals surface area contributed by atoms with Crippen molar-refractivity contribution in [3.63, 3.8) is 0 Å². The van der Waals surface area contributed by atoms with Gasteiger partial charge in [-0.2, -0.15) is 0 Å². The van der Waals surface area contributed by atoms with Gasteiger partial charge in [0.15, 0.2) is 0 Å². The molecule has 2 rings (SSSR count). The molecule has 0 heterocycles. The molecule has 1 atom stereocenters. The monoisotopic (exact) mass is 289 g/mol. The molecule has 110 valence electrons. The highest BCUT2D eigenvalue weighted by Crippen LogP contribution is 2.20. The number of rotatable bonds is 5. The third-order valence-electron chi connectivity index (χ3n) is 3.27. The molecule has 0 unspecified atom stereocenters. The Hall–Kier alpha value is -2.23. The molecular formula is C17H17F2NO. The van der Waals surface area contributed by atoms with Crippen LogP contribution in [0.2, 0.25) is 0 Å². The van der Waals surface area contributed by atoms with Crippen LogP contribution >= 0.6 is 0 Å². The summed E-state index contributed by atoms with van der Waals surface area (Å²) in [6.45, 7) is 1.99. The summed E-state index contributed by atoms with van der Waals surface area (Å²) in [4.78, 5) is 12.2. The predicted octanol–water partition coefficient (Wildman–Crippen LogP) is 4.24. The second-order valence-corrected chi connectivity index (χ2v) is 4.82. The Morgan fingerprint density at radius 3 is 2.24 bits per heavy atom. The van der Waals surface area contributed by atoms with Crippen molar-refractivity contribution in [2.75, 3.05) is 0 Å². The number of carbonyl (C=O) groups is 1. The topological polar surface area (TPSA) is 29.1 Å². The number of benzene rings is 2. The van der Waals surface area contributed by atoms with E-state index in [4.69, 9.17) is 0 Å². The highest BCUT2D eigenvalue weighted by molar-refractivity contribution is 5.95. The average molecular weight is 289 g/mol. The zero-order valence-corrected chi connectivity index (χ0v) is 11.8. The summed E-state index contributed by atoms with van der Waals surface area (Å²) in [7, 11) is 0. The largest absolute Gasteiger partial charge is 0.345 e. The van der Waals surface area contributed by atoms with Crippen LogP contribution in [0.3, 0.4) is 0 Å². The Kier molecular flexibility index (Phi) is 5.04. The van der Waals surface area contributed by atoms with E-state index in [2.05, 4.69) is 5.32 Å². The molecule has 0 saturated carbocycles. The molecule has 0 aromatic heterocycles. The molecule has 2 aromatic carbocycles. The Morgan fingerprint density at radius 2 is 1.67 bits per heavy atom. The molecule has 21 heavy (non-hydrogen) atoms. The van der Waals surface area contributed by atoms with Gasteiger partial charge >= 0.3 is 0 Å². The predicted molar refractivity (Wildman–Crippen MR) is 77.9 cm³/mol. The van der Waals surface area contributed by atoms with Crippen molar-refractivity contribution in [1.82, 2.24) is 5.32 Å². The van der Waals surface area contributed by atoms with Crippen molar-refractivity contribution < 1.29 is 13.6 Å². The molecule has 0 fully saturated rings. The van der Waals surface area contributed by atoms with Gasteiger partial charge < -0.3 is 5.32 Å². The third kappa shape index (κ3) is 3.66. The number of amides is 1. The zero-order valence-electron chi connectivity index (χ0n) is 11.8. The van der Waals surface area contributed by atoms with Gasteiger partial charge in [0.2, 0.25) is 0 Å². The smallest absolute Gasteiger partial charge is 0.257 e. The summed E-state index contributed by atoms with van der Waals surface area (Å²) < 4.78 is 27.3. The molecule has 1 amide bonds. The summed E-state index contributed by atoms with van der Waals surface area (Å²) in [6, 6.07) is 12.5. The second-order valence-electron chi connectivity index (χ2n) is 4.82. The van der Waals surface area contributed by atoms with E-state index < -0.39 is 23.1 Å². The standard InChI is InChI=1S/C17H17F2NO/c1-2-7-15(12-8-4-3-5-9-12)20-17(21)16-13(18)10-6-11-14(16)19/h3-6,8-11,15H,2,7H2,1H3,(H,20,21)/t15-/m1/s1. The molecule has 0 saturated heterocycles. The Morgan fingerprint density at radius 1 is 1.05 bits per heavy atom. The van der Waals surface area contributed by atoms with Crippen molar-refractivity contribution in [3.05, 3.63) is 71.3 Å². The number of hydrogen-bond donors (Lipinski definition) is 1. The SMILES string of the molecule is CCC[C@@H](NC(=O)c1c(F)cccc1F)c1ccccc1. The van der Waals surface area contributed by atoms with Crippen LogP contribution in [0.25, 0.3) is 0 Å². The number of hydrogen-bond acceptors (Lipinski definition) is 1. The summed E-state index contributed by atoms with van der Waals surface area (Å²) >= 11 is 0. The molecule has 0 aliphatic carbocycles. The summed E-state index contributed by atoms with van der Waals surface area (Å²) in [5.74, 6) is -2.43. The fourth-order valence-corrected chi connectivity index (χ4v) is 2.24. The lowest BCUT2D eigenvalue weighted by atomic mass is 10.0. The first-order valence-corrected chi connectivity index (χ1v) is 6.93. The van der Waals surface area contributed by atoms with Gasteiger partial charge in [-0.25, -0.2) is 8.78 Å². The molecule has 4 heteroatoms. The maximum atomic E-state index is 13.6. The fourth-order valence-electron chi connectivity index (χ4n) is 2.24. The van der Waals surface area contributed by atoms with Crippen molar-refractivity contribution in [2.24, 2.45) is 0 Å². The number of halogens is 2. The van der Waals surface area contributed by atoms with Gasteiger partial charge in [-0.15, -0.1) is 0 Å².